The topological polar surface area (TPSA) is 100 Å². The van der Waals surface area contributed by atoms with Gasteiger partial charge in [-0.05, 0) is 47.7 Å². The zero-order chi connectivity index (χ0) is 22.4. The van der Waals surface area contributed by atoms with Crippen molar-refractivity contribution >= 4 is 16.9 Å². The lowest BCUT2D eigenvalue weighted by Gasteiger charge is -2.24. The maximum atomic E-state index is 13.4. The lowest BCUT2D eigenvalue weighted by atomic mass is 9.94. The predicted molar refractivity (Wildman–Crippen MR) is 121 cm³/mol. The molecule has 8 nitrogen and oxygen atoms in total. The first-order chi connectivity index (χ1) is 15.5. The minimum absolute atomic E-state index is 0.0316. The predicted octanol–water partition coefficient (Wildman–Crippen LogP) is 2.78. The molecule has 32 heavy (non-hydrogen) atoms. The van der Waals surface area contributed by atoms with Crippen molar-refractivity contribution in [3.8, 4) is 11.5 Å². The van der Waals surface area contributed by atoms with Gasteiger partial charge in [0.05, 0.1) is 37.3 Å². The van der Waals surface area contributed by atoms with E-state index in [2.05, 4.69) is 35.0 Å². The average molecular weight is 436 g/mol. The number of aromatic amines is 1. The summed E-state index contributed by atoms with van der Waals surface area (Å²) < 4.78 is 10.9. The van der Waals surface area contributed by atoms with E-state index < -0.39 is 0 Å². The number of hydrogen-bond donors (Lipinski definition) is 4. The number of methoxy groups -OCH3 is 2. The van der Waals surface area contributed by atoms with Gasteiger partial charge in [-0.15, -0.1) is 0 Å². The number of benzene rings is 2. The van der Waals surface area contributed by atoms with E-state index in [1.54, 1.807) is 14.2 Å². The number of nitrogens with zero attached hydrogens (tertiary/aromatic N) is 1. The van der Waals surface area contributed by atoms with E-state index >= 15 is 0 Å². The van der Waals surface area contributed by atoms with E-state index in [-0.39, 0.29) is 35.9 Å². The van der Waals surface area contributed by atoms with Crippen LogP contribution in [0.2, 0.25) is 0 Å². The molecule has 1 fully saturated rings. The third kappa shape index (κ3) is 3.40. The van der Waals surface area contributed by atoms with Crippen LogP contribution < -0.4 is 25.6 Å². The molecule has 8 heteroatoms. The highest BCUT2D eigenvalue weighted by Gasteiger charge is 2.46. The fourth-order valence-corrected chi connectivity index (χ4v) is 4.96. The number of imidazole rings is 1. The van der Waals surface area contributed by atoms with Crippen LogP contribution in [0.5, 0.6) is 11.5 Å². The Balaban J connectivity index is 1.36. The second-order valence-corrected chi connectivity index (χ2v) is 8.89. The van der Waals surface area contributed by atoms with Gasteiger partial charge in [0.15, 0.2) is 11.5 Å². The maximum absolute atomic E-state index is 13.4. The van der Waals surface area contributed by atoms with Gasteiger partial charge in [0.25, 0.3) is 0 Å². The fourth-order valence-electron chi connectivity index (χ4n) is 4.96. The number of ether oxygens (including phenoxy) is 2. The van der Waals surface area contributed by atoms with Gasteiger partial charge < -0.3 is 19.8 Å². The van der Waals surface area contributed by atoms with Crippen LogP contribution in [0.1, 0.15) is 42.9 Å². The second kappa shape index (κ2) is 8.11. The van der Waals surface area contributed by atoms with E-state index in [1.165, 1.54) is 5.56 Å². The standard InChI is InChI=1S/C24H29N5O3/c1-12(2)20(23-25-16-7-5-6-8-17(16)26-23)27-24(30)22-15-9-13-10-18(31-3)19(32-4)11-14(13)21(15)28-29-22/h5-8,10-12,15,20-22,28-29H,9H2,1-4H3,(H,25,26)(H,27,30)/t15?,20-,21?,22?/m1/s1. The number of nitrogens with one attached hydrogen (secondary N) is 4. The minimum Gasteiger partial charge on any atom is -0.493 e. The van der Waals surface area contributed by atoms with Crippen molar-refractivity contribution in [2.24, 2.45) is 11.8 Å². The summed E-state index contributed by atoms with van der Waals surface area (Å²) in [5.41, 5.74) is 10.7. The number of carbonyl (C=O) groups is 1. The SMILES string of the molecule is COc1cc2c(cc1OC)C1NNC(C(=O)N[C@@H](c3nc4ccccc4[nH]3)C(C)C)C1C2. The lowest BCUT2D eigenvalue weighted by molar-refractivity contribution is -0.125. The molecular formula is C24H29N5O3. The Morgan fingerprint density at radius 1 is 1.12 bits per heavy atom. The average Bonchev–Trinajstić information content (AvgIpc) is 3.48. The Bertz CT molecular complexity index is 1120. The van der Waals surface area contributed by atoms with Crippen molar-refractivity contribution in [1.82, 2.24) is 26.1 Å². The summed E-state index contributed by atoms with van der Waals surface area (Å²) >= 11 is 0. The van der Waals surface area contributed by atoms with Gasteiger partial charge in [0, 0.05) is 5.92 Å². The highest BCUT2D eigenvalue weighted by molar-refractivity contribution is 5.83. The van der Waals surface area contributed by atoms with Crippen LogP contribution in [0.15, 0.2) is 36.4 Å². The van der Waals surface area contributed by atoms with Gasteiger partial charge in [-0.3, -0.25) is 4.79 Å². The zero-order valence-electron chi connectivity index (χ0n) is 18.7. The lowest BCUT2D eigenvalue weighted by Crippen LogP contribution is -2.48. The van der Waals surface area contributed by atoms with Crippen molar-refractivity contribution in [2.75, 3.05) is 14.2 Å². The van der Waals surface area contributed by atoms with Crippen molar-refractivity contribution in [3.63, 3.8) is 0 Å². The van der Waals surface area contributed by atoms with Crippen LogP contribution in [0.4, 0.5) is 0 Å². The van der Waals surface area contributed by atoms with Crippen LogP contribution in [-0.4, -0.2) is 36.1 Å². The molecular weight excluding hydrogens is 406 g/mol. The summed E-state index contributed by atoms with van der Waals surface area (Å²) in [5.74, 6) is 2.44. The molecule has 1 saturated heterocycles. The molecule has 4 atom stereocenters. The minimum atomic E-state index is -0.352. The number of H-pyrrole nitrogens is 1. The molecule has 0 bridgehead atoms. The highest BCUT2D eigenvalue weighted by atomic mass is 16.5. The van der Waals surface area contributed by atoms with Crippen LogP contribution in [0, 0.1) is 11.8 Å². The fraction of sp³-hybridized carbons (Fsp3) is 0.417. The summed E-state index contributed by atoms with van der Waals surface area (Å²) in [7, 11) is 3.28. The molecule has 1 aliphatic heterocycles. The number of amides is 1. The number of aromatic nitrogens is 2. The Morgan fingerprint density at radius 3 is 2.59 bits per heavy atom. The summed E-state index contributed by atoms with van der Waals surface area (Å²) in [5, 5.41) is 3.24. The van der Waals surface area contributed by atoms with Gasteiger partial charge in [0.2, 0.25) is 5.91 Å². The smallest absolute Gasteiger partial charge is 0.239 e. The molecule has 1 amide bonds. The van der Waals surface area contributed by atoms with Gasteiger partial charge in [0.1, 0.15) is 11.9 Å². The molecule has 2 aromatic carbocycles. The molecule has 0 saturated carbocycles. The molecule has 4 N–H and O–H groups in total. The quantitative estimate of drug-likeness (QED) is 0.475. The molecule has 2 heterocycles. The van der Waals surface area contributed by atoms with Gasteiger partial charge in [-0.1, -0.05) is 26.0 Å². The first kappa shape index (κ1) is 20.8. The number of fused-ring (bicyclic) bond motifs is 4. The van der Waals surface area contributed by atoms with E-state index in [0.29, 0.717) is 11.5 Å². The summed E-state index contributed by atoms with van der Waals surface area (Å²) in [6.45, 7) is 4.18. The molecule has 3 aromatic rings. The number of rotatable bonds is 6. The normalized spacial score (nSPS) is 22.6. The van der Waals surface area contributed by atoms with Gasteiger partial charge in [-0.25, -0.2) is 15.8 Å². The van der Waals surface area contributed by atoms with E-state index in [9.17, 15) is 4.79 Å². The second-order valence-electron chi connectivity index (χ2n) is 8.89. The summed E-state index contributed by atoms with van der Waals surface area (Å²) in [6, 6.07) is 11.4. The zero-order valence-corrected chi connectivity index (χ0v) is 18.7. The number of para-hydroxylation sites is 2. The number of hydrogen-bond acceptors (Lipinski definition) is 6. The molecule has 0 radical (unpaired) electrons. The van der Waals surface area contributed by atoms with Crippen molar-refractivity contribution in [1.29, 1.82) is 0 Å². The molecule has 5 rings (SSSR count). The van der Waals surface area contributed by atoms with Crippen molar-refractivity contribution in [2.45, 2.75) is 38.4 Å². The number of carbonyl (C=O) groups excluding carboxylic acids is 1. The summed E-state index contributed by atoms with van der Waals surface area (Å²) in [4.78, 5) is 21.5. The Labute approximate surface area is 187 Å². The molecule has 2 aliphatic rings. The van der Waals surface area contributed by atoms with E-state index in [1.807, 2.05) is 36.4 Å². The molecule has 3 unspecified atom stereocenters. The molecule has 0 spiro atoms. The third-order valence-electron chi connectivity index (χ3n) is 6.64. The Morgan fingerprint density at radius 2 is 1.88 bits per heavy atom. The largest absolute Gasteiger partial charge is 0.493 e. The van der Waals surface area contributed by atoms with Gasteiger partial charge in [-0.2, -0.15) is 0 Å². The first-order valence-electron chi connectivity index (χ1n) is 11.0. The maximum Gasteiger partial charge on any atom is 0.239 e. The van der Waals surface area contributed by atoms with Gasteiger partial charge >= 0.3 is 0 Å². The van der Waals surface area contributed by atoms with Crippen LogP contribution in [0.25, 0.3) is 11.0 Å². The third-order valence-corrected chi connectivity index (χ3v) is 6.64. The van der Waals surface area contributed by atoms with E-state index in [0.717, 1.165) is 28.8 Å². The van der Waals surface area contributed by atoms with Crippen LogP contribution in [-0.2, 0) is 11.2 Å². The molecule has 1 aliphatic carbocycles. The number of hydrazine groups is 1. The summed E-state index contributed by atoms with van der Waals surface area (Å²) in [6.07, 6.45) is 0.787. The molecule has 168 valence electrons. The first-order valence-corrected chi connectivity index (χ1v) is 11.0. The Hall–Kier alpha value is -3.10. The van der Waals surface area contributed by atoms with E-state index in [4.69, 9.17) is 14.5 Å². The monoisotopic (exact) mass is 435 g/mol. The van der Waals surface area contributed by atoms with Crippen molar-refractivity contribution in [3.05, 3.63) is 53.3 Å². The van der Waals surface area contributed by atoms with Crippen LogP contribution >= 0.6 is 0 Å². The molecule has 1 aromatic heterocycles. The highest BCUT2D eigenvalue weighted by Crippen LogP contribution is 2.45. The Kier molecular flexibility index (Phi) is 5.27. The van der Waals surface area contributed by atoms with Crippen LogP contribution in [0.3, 0.4) is 0 Å². The van der Waals surface area contributed by atoms with Crippen molar-refractivity contribution < 1.29 is 14.3 Å².